The van der Waals surface area contributed by atoms with E-state index in [0.717, 1.165) is 29.9 Å². The van der Waals surface area contributed by atoms with Gasteiger partial charge in [0.2, 0.25) is 0 Å². The fourth-order valence-electron chi connectivity index (χ4n) is 2.56. The molecule has 4 heteroatoms. The first-order valence-electron chi connectivity index (χ1n) is 7.08. The van der Waals surface area contributed by atoms with Crippen molar-refractivity contribution in [3.05, 3.63) is 70.1 Å². The van der Waals surface area contributed by atoms with Gasteiger partial charge < -0.3 is 10.1 Å². The van der Waals surface area contributed by atoms with Crippen LogP contribution in [-0.4, -0.2) is 15.9 Å². The molecule has 2 N–H and O–H groups in total. The summed E-state index contributed by atoms with van der Waals surface area (Å²) in [4.78, 5) is 4.74. The Hall–Kier alpha value is -1.84. The van der Waals surface area contributed by atoms with E-state index in [2.05, 4.69) is 35.6 Å². The zero-order valence-corrected chi connectivity index (χ0v) is 12.8. The first-order valence-corrected chi connectivity index (χ1v) is 7.46. The lowest BCUT2D eigenvalue weighted by molar-refractivity contribution is 0.882. The number of nitrogens with two attached hydrogens (primary N) is 1. The van der Waals surface area contributed by atoms with Crippen molar-refractivity contribution in [3.8, 4) is 0 Å². The van der Waals surface area contributed by atoms with Crippen LogP contribution in [0.3, 0.4) is 0 Å². The Bertz CT molecular complexity index is 760. The zero-order chi connectivity index (χ0) is 14.8. The maximum absolute atomic E-state index is 6.10. The molecule has 21 heavy (non-hydrogen) atoms. The lowest BCUT2D eigenvalue weighted by atomic mass is 10.1. The van der Waals surface area contributed by atoms with Crippen molar-refractivity contribution in [1.29, 1.82) is 0 Å². The predicted octanol–water partition coefficient (Wildman–Crippen LogP) is 3.39. The average Bonchev–Trinajstić information content (AvgIpc) is 2.79. The molecule has 0 atom stereocenters. The highest BCUT2D eigenvalue weighted by Crippen LogP contribution is 2.20. The third kappa shape index (κ3) is 2.94. The van der Waals surface area contributed by atoms with Gasteiger partial charge in [-0.1, -0.05) is 41.4 Å². The lowest BCUT2D eigenvalue weighted by Crippen LogP contribution is -2.07. The van der Waals surface area contributed by atoms with Crippen LogP contribution in [0.2, 0.25) is 5.02 Å². The van der Waals surface area contributed by atoms with Crippen molar-refractivity contribution in [1.82, 2.24) is 9.38 Å². The van der Waals surface area contributed by atoms with Crippen LogP contribution >= 0.6 is 11.6 Å². The van der Waals surface area contributed by atoms with E-state index >= 15 is 0 Å². The summed E-state index contributed by atoms with van der Waals surface area (Å²) in [6.45, 7) is 2.69. The molecule has 0 saturated carbocycles. The lowest BCUT2D eigenvalue weighted by Gasteiger charge is -2.05. The van der Waals surface area contributed by atoms with E-state index < -0.39 is 0 Å². The van der Waals surface area contributed by atoms with Gasteiger partial charge in [0.1, 0.15) is 5.65 Å². The fraction of sp³-hybridized carbons (Fsp3) is 0.235. The third-order valence-corrected chi connectivity index (χ3v) is 3.86. The normalized spacial score (nSPS) is 11.2. The Balaban J connectivity index is 2.04. The number of pyridine rings is 1. The molecule has 0 saturated heterocycles. The number of rotatable bonds is 4. The molecule has 108 valence electrons. The van der Waals surface area contributed by atoms with Crippen LogP contribution in [0.5, 0.6) is 0 Å². The van der Waals surface area contributed by atoms with E-state index in [1.165, 1.54) is 11.1 Å². The Labute approximate surface area is 129 Å². The van der Waals surface area contributed by atoms with Gasteiger partial charge >= 0.3 is 0 Å². The van der Waals surface area contributed by atoms with Gasteiger partial charge in [0.15, 0.2) is 0 Å². The van der Waals surface area contributed by atoms with Gasteiger partial charge in [0.25, 0.3) is 0 Å². The maximum Gasteiger partial charge on any atom is 0.137 e. The quantitative estimate of drug-likeness (QED) is 0.802. The molecule has 0 aliphatic rings. The molecule has 0 fully saturated rings. The Morgan fingerprint density at radius 2 is 1.90 bits per heavy atom. The molecule has 3 nitrogen and oxygen atoms in total. The van der Waals surface area contributed by atoms with Crippen LogP contribution in [0.4, 0.5) is 0 Å². The number of imidazole rings is 1. The standard InChI is InChI=1S/C17H18ClN3/c1-12-2-4-13(5-3-12)10-15-16(8-9-19)21-11-14(18)6-7-17(21)20-15/h2-7,11H,8-10,19H2,1H3. The minimum atomic E-state index is 0.598. The van der Waals surface area contributed by atoms with E-state index in [-0.39, 0.29) is 0 Å². The minimum Gasteiger partial charge on any atom is -0.330 e. The van der Waals surface area contributed by atoms with Crippen molar-refractivity contribution < 1.29 is 0 Å². The summed E-state index contributed by atoms with van der Waals surface area (Å²) in [5.74, 6) is 0. The molecule has 0 amide bonds. The van der Waals surface area contributed by atoms with Crippen LogP contribution in [0.15, 0.2) is 42.6 Å². The number of halogens is 1. The van der Waals surface area contributed by atoms with Gasteiger partial charge in [0.05, 0.1) is 10.7 Å². The number of benzene rings is 1. The smallest absolute Gasteiger partial charge is 0.137 e. The number of nitrogens with zero attached hydrogens (tertiary/aromatic N) is 2. The second-order valence-corrected chi connectivity index (χ2v) is 5.72. The summed E-state index contributed by atoms with van der Waals surface area (Å²) in [6.07, 6.45) is 3.52. The van der Waals surface area contributed by atoms with Gasteiger partial charge in [0, 0.05) is 24.7 Å². The summed E-state index contributed by atoms with van der Waals surface area (Å²) < 4.78 is 2.05. The van der Waals surface area contributed by atoms with Gasteiger partial charge in [-0.05, 0) is 31.2 Å². The van der Waals surface area contributed by atoms with Crippen LogP contribution < -0.4 is 5.73 Å². The van der Waals surface area contributed by atoms with E-state index in [1.54, 1.807) is 0 Å². The summed E-state index contributed by atoms with van der Waals surface area (Å²) >= 11 is 6.10. The van der Waals surface area contributed by atoms with Gasteiger partial charge in [-0.2, -0.15) is 0 Å². The first kappa shape index (κ1) is 14.1. The maximum atomic E-state index is 6.10. The molecule has 0 unspecified atom stereocenters. The number of aryl methyl sites for hydroxylation is 1. The summed E-state index contributed by atoms with van der Waals surface area (Å²) in [7, 11) is 0. The van der Waals surface area contributed by atoms with Crippen LogP contribution in [0.1, 0.15) is 22.5 Å². The minimum absolute atomic E-state index is 0.598. The molecule has 0 aliphatic carbocycles. The highest BCUT2D eigenvalue weighted by Gasteiger charge is 2.12. The number of aromatic nitrogens is 2. The molecule has 0 aliphatic heterocycles. The summed E-state index contributed by atoms with van der Waals surface area (Å²) in [5.41, 5.74) is 11.4. The topological polar surface area (TPSA) is 43.3 Å². The van der Waals surface area contributed by atoms with Crippen LogP contribution in [0, 0.1) is 6.92 Å². The van der Waals surface area contributed by atoms with Crippen LogP contribution in [-0.2, 0) is 12.8 Å². The van der Waals surface area contributed by atoms with E-state index in [0.29, 0.717) is 11.6 Å². The van der Waals surface area contributed by atoms with Gasteiger partial charge in [-0.15, -0.1) is 0 Å². The average molecular weight is 300 g/mol. The van der Waals surface area contributed by atoms with E-state index in [4.69, 9.17) is 22.3 Å². The number of fused-ring (bicyclic) bond motifs is 1. The SMILES string of the molecule is Cc1ccc(Cc2nc3ccc(Cl)cn3c2CCN)cc1. The van der Waals surface area contributed by atoms with Crippen molar-refractivity contribution in [2.75, 3.05) is 6.54 Å². The van der Waals surface area contributed by atoms with Crippen molar-refractivity contribution in [3.63, 3.8) is 0 Å². The third-order valence-electron chi connectivity index (χ3n) is 3.64. The molecule has 3 rings (SSSR count). The molecule has 2 aromatic heterocycles. The highest BCUT2D eigenvalue weighted by molar-refractivity contribution is 6.30. The van der Waals surface area contributed by atoms with Gasteiger partial charge in [-0.3, -0.25) is 0 Å². The summed E-state index contributed by atoms with van der Waals surface area (Å²) in [6, 6.07) is 12.4. The first-order chi connectivity index (χ1) is 10.2. The second-order valence-electron chi connectivity index (χ2n) is 5.28. The predicted molar refractivity (Wildman–Crippen MR) is 86.9 cm³/mol. The highest BCUT2D eigenvalue weighted by atomic mass is 35.5. The Kier molecular flexibility index (Phi) is 3.95. The van der Waals surface area contributed by atoms with E-state index in [1.807, 2.05) is 18.3 Å². The molecular formula is C17H18ClN3. The fourth-order valence-corrected chi connectivity index (χ4v) is 2.72. The monoisotopic (exact) mass is 299 g/mol. The Morgan fingerprint density at radius 3 is 2.62 bits per heavy atom. The summed E-state index contributed by atoms with van der Waals surface area (Å²) in [5, 5.41) is 0.708. The number of hydrogen-bond acceptors (Lipinski definition) is 2. The number of hydrogen-bond donors (Lipinski definition) is 1. The van der Waals surface area contributed by atoms with Crippen molar-refractivity contribution in [2.45, 2.75) is 19.8 Å². The second kappa shape index (κ2) is 5.88. The van der Waals surface area contributed by atoms with Gasteiger partial charge in [-0.25, -0.2) is 4.98 Å². The molecule has 0 radical (unpaired) electrons. The Morgan fingerprint density at radius 1 is 1.14 bits per heavy atom. The molecule has 2 heterocycles. The molecule has 3 aromatic rings. The van der Waals surface area contributed by atoms with Crippen molar-refractivity contribution in [2.24, 2.45) is 5.73 Å². The van der Waals surface area contributed by atoms with Crippen molar-refractivity contribution >= 4 is 17.2 Å². The molecule has 0 spiro atoms. The largest absolute Gasteiger partial charge is 0.330 e. The van der Waals surface area contributed by atoms with Crippen LogP contribution in [0.25, 0.3) is 5.65 Å². The zero-order valence-electron chi connectivity index (χ0n) is 12.0. The molecular weight excluding hydrogens is 282 g/mol. The molecule has 1 aromatic carbocycles. The molecule has 0 bridgehead atoms. The van der Waals surface area contributed by atoms with E-state index in [9.17, 15) is 0 Å².